The molecule has 0 aliphatic heterocycles. The van der Waals surface area contributed by atoms with E-state index < -0.39 is 0 Å². The van der Waals surface area contributed by atoms with Gasteiger partial charge in [-0.3, -0.25) is 4.98 Å². The first-order chi connectivity index (χ1) is 12.1. The number of ether oxygens (including phenoxy) is 1. The summed E-state index contributed by atoms with van der Waals surface area (Å²) in [7, 11) is 0. The van der Waals surface area contributed by atoms with E-state index >= 15 is 0 Å². The van der Waals surface area contributed by atoms with E-state index in [2.05, 4.69) is 15.6 Å². The number of carbonyl (C=O) groups excluding carboxylic acids is 1. The maximum atomic E-state index is 12.2. The Labute approximate surface area is 152 Å². The van der Waals surface area contributed by atoms with E-state index in [0.29, 0.717) is 16.5 Å². The molecule has 1 saturated carbocycles. The van der Waals surface area contributed by atoms with Crippen LogP contribution in [0.5, 0.6) is 5.75 Å². The fourth-order valence-electron chi connectivity index (χ4n) is 2.96. The smallest absolute Gasteiger partial charge is 0.319 e. The fourth-order valence-corrected chi connectivity index (χ4v) is 3.18. The third-order valence-electron chi connectivity index (χ3n) is 4.34. The third-order valence-corrected chi connectivity index (χ3v) is 4.63. The van der Waals surface area contributed by atoms with Crippen LogP contribution in [0.3, 0.4) is 0 Å². The normalized spacial score (nSPS) is 15.6. The van der Waals surface area contributed by atoms with Gasteiger partial charge in [-0.2, -0.15) is 0 Å². The van der Waals surface area contributed by atoms with Gasteiger partial charge in [0.25, 0.3) is 0 Å². The van der Waals surface area contributed by atoms with Gasteiger partial charge in [0.1, 0.15) is 5.75 Å². The average molecular weight is 360 g/mol. The number of urea groups is 1. The van der Waals surface area contributed by atoms with Crippen LogP contribution in [0.4, 0.5) is 10.5 Å². The third kappa shape index (κ3) is 4.86. The van der Waals surface area contributed by atoms with Crippen LogP contribution in [-0.2, 0) is 0 Å². The van der Waals surface area contributed by atoms with Crippen molar-refractivity contribution in [2.75, 3.05) is 5.32 Å². The summed E-state index contributed by atoms with van der Waals surface area (Å²) in [5.74, 6) is 0.671. The predicted octanol–water partition coefficient (Wildman–Crippen LogP) is 4.94. The summed E-state index contributed by atoms with van der Waals surface area (Å²) in [6, 6.07) is 8.65. The highest BCUT2D eigenvalue weighted by Gasteiger charge is 2.18. The van der Waals surface area contributed by atoms with Gasteiger partial charge in [-0.05, 0) is 68.5 Å². The lowest BCUT2D eigenvalue weighted by Crippen LogP contribution is -2.31. The second-order valence-corrected chi connectivity index (χ2v) is 6.68. The number of carbonyl (C=O) groups is 1. The predicted molar refractivity (Wildman–Crippen MR) is 99.1 cm³/mol. The maximum absolute atomic E-state index is 12.2. The second-order valence-electron chi connectivity index (χ2n) is 6.27. The molecule has 5 nitrogen and oxygen atoms in total. The Hall–Kier alpha value is -2.27. The van der Waals surface area contributed by atoms with Crippen molar-refractivity contribution < 1.29 is 9.53 Å². The van der Waals surface area contributed by atoms with Crippen molar-refractivity contribution in [2.24, 2.45) is 0 Å². The van der Waals surface area contributed by atoms with Crippen molar-refractivity contribution in [3.8, 4) is 5.75 Å². The van der Waals surface area contributed by atoms with E-state index in [9.17, 15) is 4.79 Å². The fraction of sp³-hybridized carbons (Fsp3) is 0.368. The summed E-state index contributed by atoms with van der Waals surface area (Å²) in [4.78, 5) is 16.1. The van der Waals surface area contributed by atoms with Gasteiger partial charge in [-0.15, -0.1) is 0 Å². The largest absolute Gasteiger partial charge is 0.489 e. The summed E-state index contributed by atoms with van der Waals surface area (Å²) in [5.41, 5.74) is 1.62. The van der Waals surface area contributed by atoms with Crippen molar-refractivity contribution in [1.82, 2.24) is 10.3 Å². The summed E-state index contributed by atoms with van der Waals surface area (Å²) >= 11 is 6.29. The van der Waals surface area contributed by atoms with Gasteiger partial charge >= 0.3 is 6.03 Å². The number of nitrogens with one attached hydrogen (secondary N) is 2. The summed E-state index contributed by atoms with van der Waals surface area (Å²) in [5, 5.41) is 6.19. The Balaban J connectivity index is 1.56. The lowest BCUT2D eigenvalue weighted by molar-refractivity contribution is 0.210. The first-order valence-corrected chi connectivity index (χ1v) is 8.93. The minimum absolute atomic E-state index is 0.122. The Bertz CT molecular complexity index is 718. The number of benzene rings is 1. The van der Waals surface area contributed by atoms with Gasteiger partial charge in [0.2, 0.25) is 0 Å². The molecule has 2 amide bonds. The lowest BCUT2D eigenvalue weighted by Gasteiger charge is -2.17. The van der Waals surface area contributed by atoms with E-state index in [4.69, 9.17) is 16.3 Å². The minimum atomic E-state index is -0.287. The number of hydrogen-bond acceptors (Lipinski definition) is 3. The SMILES string of the molecule is CC(NC(=O)Nc1ccc(OC2CCCC2)c(Cl)c1)c1ccncc1. The lowest BCUT2D eigenvalue weighted by atomic mass is 10.1. The molecule has 0 saturated heterocycles. The van der Waals surface area contributed by atoms with Crippen molar-refractivity contribution >= 4 is 23.3 Å². The Morgan fingerprint density at radius 3 is 2.64 bits per heavy atom. The molecule has 0 bridgehead atoms. The van der Waals surface area contributed by atoms with Crippen molar-refractivity contribution in [3.63, 3.8) is 0 Å². The number of amides is 2. The molecule has 1 aromatic carbocycles. The molecule has 0 spiro atoms. The number of nitrogens with zero attached hydrogens (tertiary/aromatic N) is 1. The molecule has 3 rings (SSSR count). The van der Waals surface area contributed by atoms with E-state index in [0.717, 1.165) is 18.4 Å². The number of hydrogen-bond donors (Lipinski definition) is 2. The minimum Gasteiger partial charge on any atom is -0.489 e. The summed E-state index contributed by atoms with van der Waals surface area (Å²) in [6.07, 6.45) is 8.22. The first kappa shape index (κ1) is 17.5. The number of pyridine rings is 1. The molecular weight excluding hydrogens is 338 g/mol. The van der Waals surface area contributed by atoms with Crippen LogP contribution in [0.15, 0.2) is 42.7 Å². The van der Waals surface area contributed by atoms with Crippen LogP contribution in [0.2, 0.25) is 5.02 Å². The zero-order chi connectivity index (χ0) is 17.6. The molecule has 1 heterocycles. The Kier molecular flexibility index (Phi) is 5.76. The topological polar surface area (TPSA) is 63.2 Å². The van der Waals surface area contributed by atoms with Gasteiger partial charge in [0.15, 0.2) is 0 Å². The van der Waals surface area contributed by atoms with Gasteiger partial charge in [0.05, 0.1) is 17.2 Å². The van der Waals surface area contributed by atoms with Crippen LogP contribution in [-0.4, -0.2) is 17.1 Å². The summed E-state index contributed by atoms with van der Waals surface area (Å²) < 4.78 is 5.92. The number of aromatic nitrogens is 1. The van der Waals surface area contributed by atoms with E-state index in [1.54, 1.807) is 24.5 Å². The van der Waals surface area contributed by atoms with Crippen molar-refractivity contribution in [2.45, 2.75) is 44.8 Å². The summed E-state index contributed by atoms with van der Waals surface area (Å²) in [6.45, 7) is 1.92. The standard InChI is InChI=1S/C19H22ClN3O2/c1-13(14-8-10-21-11-9-14)22-19(24)23-15-6-7-18(17(20)12-15)25-16-4-2-3-5-16/h6-13,16H,2-5H2,1H3,(H2,22,23,24). The maximum Gasteiger partial charge on any atom is 0.319 e. The van der Waals surface area contributed by atoms with E-state index in [1.165, 1.54) is 12.8 Å². The van der Waals surface area contributed by atoms with Crippen molar-refractivity contribution in [3.05, 3.63) is 53.3 Å². The molecule has 1 fully saturated rings. The van der Waals surface area contributed by atoms with Gasteiger partial charge in [0, 0.05) is 18.1 Å². The second kappa shape index (κ2) is 8.21. The zero-order valence-electron chi connectivity index (χ0n) is 14.2. The molecule has 132 valence electrons. The van der Waals surface area contributed by atoms with E-state index in [1.807, 2.05) is 25.1 Å². The molecule has 1 aromatic heterocycles. The Morgan fingerprint density at radius 2 is 1.96 bits per heavy atom. The van der Waals surface area contributed by atoms with Crippen LogP contribution in [0.1, 0.15) is 44.2 Å². The van der Waals surface area contributed by atoms with E-state index in [-0.39, 0.29) is 18.2 Å². The molecule has 1 unspecified atom stereocenters. The highest BCUT2D eigenvalue weighted by molar-refractivity contribution is 6.32. The molecule has 2 aromatic rings. The first-order valence-electron chi connectivity index (χ1n) is 8.55. The molecule has 1 atom stereocenters. The number of anilines is 1. The molecule has 0 radical (unpaired) electrons. The molecule has 2 N–H and O–H groups in total. The van der Waals surface area contributed by atoms with Gasteiger partial charge in [-0.25, -0.2) is 4.79 Å². The Morgan fingerprint density at radius 1 is 1.24 bits per heavy atom. The number of rotatable bonds is 5. The van der Waals surface area contributed by atoms with Gasteiger partial charge < -0.3 is 15.4 Å². The van der Waals surface area contributed by atoms with Gasteiger partial charge in [-0.1, -0.05) is 11.6 Å². The molecular formula is C19H22ClN3O2. The highest BCUT2D eigenvalue weighted by Crippen LogP contribution is 2.31. The average Bonchev–Trinajstić information content (AvgIpc) is 3.11. The van der Waals surface area contributed by atoms with Crippen LogP contribution < -0.4 is 15.4 Å². The van der Waals surface area contributed by atoms with Crippen LogP contribution in [0, 0.1) is 0 Å². The molecule has 25 heavy (non-hydrogen) atoms. The van der Waals surface area contributed by atoms with Crippen LogP contribution in [0.25, 0.3) is 0 Å². The molecule has 1 aliphatic rings. The quantitative estimate of drug-likeness (QED) is 0.794. The monoisotopic (exact) mass is 359 g/mol. The number of halogens is 1. The molecule has 1 aliphatic carbocycles. The van der Waals surface area contributed by atoms with Crippen molar-refractivity contribution in [1.29, 1.82) is 0 Å². The highest BCUT2D eigenvalue weighted by atomic mass is 35.5. The zero-order valence-corrected chi connectivity index (χ0v) is 14.9. The van der Waals surface area contributed by atoms with Crippen LogP contribution >= 0.6 is 11.6 Å². The molecule has 6 heteroatoms.